The lowest BCUT2D eigenvalue weighted by Gasteiger charge is -2.28. The number of nitrogens with zero attached hydrogens (tertiary/aromatic N) is 1. The van der Waals surface area contributed by atoms with Gasteiger partial charge in [0.15, 0.2) is 0 Å². The van der Waals surface area contributed by atoms with Crippen LogP contribution in [0.25, 0.3) is 11.1 Å². The molecule has 1 aliphatic rings. The summed E-state index contributed by atoms with van der Waals surface area (Å²) in [4.78, 5) is 4.85. The summed E-state index contributed by atoms with van der Waals surface area (Å²) < 4.78 is 0. The molecule has 0 bridgehead atoms. The molecule has 27 heavy (non-hydrogen) atoms. The highest BCUT2D eigenvalue weighted by molar-refractivity contribution is 5.62. The Balaban J connectivity index is 1.53. The summed E-state index contributed by atoms with van der Waals surface area (Å²) in [7, 11) is 0. The van der Waals surface area contributed by atoms with Gasteiger partial charge in [0.25, 0.3) is 0 Å². The number of unbranched alkanes of at least 4 members (excludes halogenated alkanes) is 3. The van der Waals surface area contributed by atoms with Crippen LogP contribution in [0.4, 0.5) is 0 Å². The largest absolute Gasteiger partial charge is 0.260 e. The smallest absolute Gasteiger partial charge is 0.0434 e. The second-order valence-corrected chi connectivity index (χ2v) is 8.49. The summed E-state index contributed by atoms with van der Waals surface area (Å²) in [6.07, 6.45) is 16.9. The predicted octanol–water partition coefficient (Wildman–Crippen LogP) is 7.95. The van der Waals surface area contributed by atoms with Crippen LogP contribution < -0.4 is 0 Å². The van der Waals surface area contributed by atoms with Gasteiger partial charge in [-0.25, -0.2) is 0 Å². The number of benzene rings is 1. The molecule has 1 heteroatoms. The van der Waals surface area contributed by atoms with Crippen molar-refractivity contribution in [2.75, 3.05) is 0 Å². The summed E-state index contributed by atoms with van der Waals surface area (Å²) in [5.41, 5.74) is 5.29. The number of hydrogen-bond donors (Lipinski definition) is 0. The number of hydrogen-bond acceptors (Lipinski definition) is 1. The lowest BCUT2D eigenvalue weighted by Crippen LogP contribution is -2.14. The average Bonchev–Trinajstić information content (AvgIpc) is 2.73. The Labute approximate surface area is 166 Å². The topological polar surface area (TPSA) is 12.9 Å². The first-order valence-electron chi connectivity index (χ1n) is 11.4. The number of aryl methyl sites for hydroxylation is 1. The Bertz CT molecular complexity index is 648. The number of rotatable bonds is 9. The standard InChI is InChI=1S/C26H37N/c1-3-5-7-9-22-12-16-24(17-13-22)26-19-18-25(20-27-26)23-14-10-21(11-15-23)8-6-4-2/h10-11,14-15,18-20,22,24H,3-9,12-13,16-17H2,1-2H3/t22-,24-. The SMILES string of the molecule is CCCCC[C@H]1CC[C@H](c2ccc(-c3ccc(CCCC)cc3)cn2)CC1. The summed E-state index contributed by atoms with van der Waals surface area (Å²) >= 11 is 0. The van der Waals surface area contributed by atoms with Crippen LogP contribution in [0.15, 0.2) is 42.6 Å². The summed E-state index contributed by atoms with van der Waals surface area (Å²) in [5, 5.41) is 0. The molecule has 1 heterocycles. The van der Waals surface area contributed by atoms with Crippen LogP contribution in [0, 0.1) is 5.92 Å². The van der Waals surface area contributed by atoms with Gasteiger partial charge in [0.2, 0.25) is 0 Å². The van der Waals surface area contributed by atoms with Crippen LogP contribution in [0.5, 0.6) is 0 Å². The van der Waals surface area contributed by atoms with Gasteiger partial charge < -0.3 is 0 Å². The van der Waals surface area contributed by atoms with E-state index in [1.165, 1.54) is 93.0 Å². The van der Waals surface area contributed by atoms with Crippen molar-refractivity contribution in [3.05, 3.63) is 53.9 Å². The van der Waals surface area contributed by atoms with Gasteiger partial charge >= 0.3 is 0 Å². The van der Waals surface area contributed by atoms with Crippen LogP contribution >= 0.6 is 0 Å². The van der Waals surface area contributed by atoms with Crippen molar-refractivity contribution in [3.63, 3.8) is 0 Å². The normalized spacial score (nSPS) is 19.9. The lowest BCUT2D eigenvalue weighted by atomic mass is 9.78. The average molecular weight is 364 g/mol. The van der Waals surface area contributed by atoms with Crippen LogP contribution in [-0.4, -0.2) is 4.98 Å². The van der Waals surface area contributed by atoms with E-state index < -0.39 is 0 Å². The molecule has 0 unspecified atom stereocenters. The summed E-state index contributed by atoms with van der Waals surface area (Å²) in [6, 6.07) is 13.6. The summed E-state index contributed by atoms with van der Waals surface area (Å²) in [5.74, 6) is 1.65. The van der Waals surface area contributed by atoms with Crippen LogP contribution in [0.3, 0.4) is 0 Å². The monoisotopic (exact) mass is 363 g/mol. The Morgan fingerprint density at radius 3 is 2.11 bits per heavy atom. The van der Waals surface area contributed by atoms with Crippen molar-refractivity contribution in [2.45, 2.75) is 90.4 Å². The molecule has 0 spiro atoms. The van der Waals surface area contributed by atoms with Crippen molar-refractivity contribution in [2.24, 2.45) is 5.92 Å². The maximum absolute atomic E-state index is 4.85. The van der Waals surface area contributed by atoms with E-state index in [1.807, 2.05) is 0 Å². The molecule has 0 saturated heterocycles. The molecule has 0 amide bonds. The second-order valence-electron chi connectivity index (χ2n) is 8.49. The van der Waals surface area contributed by atoms with E-state index in [9.17, 15) is 0 Å². The first-order chi connectivity index (χ1) is 13.3. The fourth-order valence-corrected chi connectivity index (χ4v) is 4.49. The van der Waals surface area contributed by atoms with Gasteiger partial charge in [-0.05, 0) is 61.6 Å². The molecule has 1 aliphatic carbocycles. The molecule has 1 fully saturated rings. The maximum Gasteiger partial charge on any atom is 0.0434 e. The molecular formula is C26H37N. The third-order valence-electron chi connectivity index (χ3n) is 6.37. The highest BCUT2D eigenvalue weighted by atomic mass is 14.7. The molecular weight excluding hydrogens is 326 g/mol. The van der Waals surface area contributed by atoms with E-state index in [1.54, 1.807) is 0 Å². The van der Waals surface area contributed by atoms with Gasteiger partial charge in [-0.3, -0.25) is 4.98 Å². The van der Waals surface area contributed by atoms with Gasteiger partial charge in [-0.15, -0.1) is 0 Å². The quantitative estimate of drug-likeness (QED) is 0.412. The van der Waals surface area contributed by atoms with Gasteiger partial charge in [0, 0.05) is 23.4 Å². The van der Waals surface area contributed by atoms with E-state index in [-0.39, 0.29) is 0 Å². The molecule has 2 aromatic rings. The van der Waals surface area contributed by atoms with Crippen LogP contribution in [0.1, 0.15) is 95.2 Å². The Morgan fingerprint density at radius 1 is 0.778 bits per heavy atom. The third-order valence-corrected chi connectivity index (χ3v) is 6.37. The fourth-order valence-electron chi connectivity index (χ4n) is 4.49. The van der Waals surface area contributed by atoms with Crippen molar-refractivity contribution in [1.29, 1.82) is 0 Å². The fraction of sp³-hybridized carbons (Fsp3) is 0.577. The minimum atomic E-state index is 0.679. The predicted molar refractivity (Wildman–Crippen MR) is 117 cm³/mol. The maximum atomic E-state index is 4.85. The molecule has 0 aliphatic heterocycles. The molecule has 0 radical (unpaired) electrons. The van der Waals surface area contributed by atoms with Crippen molar-refractivity contribution >= 4 is 0 Å². The molecule has 0 atom stereocenters. The molecule has 1 aromatic carbocycles. The Morgan fingerprint density at radius 2 is 1.48 bits per heavy atom. The Hall–Kier alpha value is -1.63. The van der Waals surface area contributed by atoms with E-state index >= 15 is 0 Å². The minimum Gasteiger partial charge on any atom is -0.260 e. The zero-order valence-corrected chi connectivity index (χ0v) is 17.4. The van der Waals surface area contributed by atoms with Crippen molar-refractivity contribution in [1.82, 2.24) is 4.98 Å². The molecule has 1 nitrogen and oxygen atoms in total. The van der Waals surface area contributed by atoms with E-state index in [0.717, 1.165) is 5.92 Å². The molecule has 1 saturated carbocycles. The van der Waals surface area contributed by atoms with Crippen molar-refractivity contribution < 1.29 is 0 Å². The van der Waals surface area contributed by atoms with Crippen molar-refractivity contribution in [3.8, 4) is 11.1 Å². The highest BCUT2D eigenvalue weighted by Gasteiger charge is 2.22. The first-order valence-corrected chi connectivity index (χ1v) is 11.4. The van der Waals surface area contributed by atoms with E-state index in [2.05, 4.69) is 56.4 Å². The van der Waals surface area contributed by atoms with E-state index in [0.29, 0.717) is 5.92 Å². The minimum absolute atomic E-state index is 0.679. The lowest BCUT2D eigenvalue weighted by molar-refractivity contribution is 0.300. The second kappa shape index (κ2) is 10.6. The molecule has 3 rings (SSSR count). The molecule has 146 valence electrons. The zero-order valence-electron chi connectivity index (χ0n) is 17.4. The van der Waals surface area contributed by atoms with Crippen LogP contribution in [0.2, 0.25) is 0 Å². The summed E-state index contributed by atoms with van der Waals surface area (Å²) in [6.45, 7) is 4.55. The highest BCUT2D eigenvalue weighted by Crippen LogP contribution is 2.37. The number of pyridine rings is 1. The van der Waals surface area contributed by atoms with Gasteiger partial charge in [-0.1, -0.05) is 76.3 Å². The first kappa shape index (κ1) is 20.1. The zero-order chi connectivity index (χ0) is 18.9. The van der Waals surface area contributed by atoms with Crippen LogP contribution in [-0.2, 0) is 6.42 Å². The molecule has 1 aromatic heterocycles. The van der Waals surface area contributed by atoms with Gasteiger partial charge in [-0.2, -0.15) is 0 Å². The third kappa shape index (κ3) is 5.92. The van der Waals surface area contributed by atoms with E-state index in [4.69, 9.17) is 4.98 Å². The van der Waals surface area contributed by atoms with Gasteiger partial charge in [0.1, 0.15) is 0 Å². The van der Waals surface area contributed by atoms with Gasteiger partial charge in [0.05, 0.1) is 0 Å². The Kier molecular flexibility index (Phi) is 7.93. The molecule has 0 N–H and O–H groups in total. The number of aromatic nitrogens is 1.